The van der Waals surface area contributed by atoms with Gasteiger partial charge >= 0.3 is 0 Å². The summed E-state index contributed by atoms with van der Waals surface area (Å²) in [7, 11) is 0. The second kappa shape index (κ2) is 6.37. The molecule has 2 atom stereocenters. The lowest BCUT2D eigenvalue weighted by molar-refractivity contribution is 0.0995. The number of nitrogens with zero attached hydrogens (tertiary/aromatic N) is 3. The highest BCUT2D eigenvalue weighted by atomic mass is 16.5. The molecule has 0 radical (unpaired) electrons. The maximum atomic E-state index is 10.7. The minimum absolute atomic E-state index is 0.0748. The summed E-state index contributed by atoms with van der Waals surface area (Å²) in [5.41, 5.74) is 4.53. The first-order chi connectivity index (χ1) is 13.1. The van der Waals surface area contributed by atoms with Crippen LogP contribution in [0.3, 0.4) is 0 Å². The van der Waals surface area contributed by atoms with Crippen LogP contribution in [-0.4, -0.2) is 45.7 Å². The van der Waals surface area contributed by atoms with Gasteiger partial charge < -0.3 is 19.8 Å². The van der Waals surface area contributed by atoms with Crippen molar-refractivity contribution >= 4 is 5.82 Å². The van der Waals surface area contributed by atoms with E-state index >= 15 is 0 Å². The highest BCUT2D eigenvalue weighted by Gasteiger charge is 2.35. The number of hydrogen-bond donors (Lipinski definition) is 2. The first-order valence-electron chi connectivity index (χ1n) is 9.94. The molecule has 6 nitrogen and oxygen atoms in total. The second-order valence-corrected chi connectivity index (χ2v) is 7.89. The molecule has 2 aliphatic carbocycles. The fourth-order valence-corrected chi connectivity index (χ4v) is 4.70. The van der Waals surface area contributed by atoms with Crippen molar-refractivity contribution in [3.05, 3.63) is 28.8 Å². The Morgan fingerprint density at radius 3 is 2.78 bits per heavy atom. The number of rotatable bonds is 2. The zero-order valence-electron chi connectivity index (χ0n) is 15.6. The summed E-state index contributed by atoms with van der Waals surface area (Å²) >= 11 is 0. The highest BCUT2D eigenvalue weighted by molar-refractivity contribution is 5.76. The Morgan fingerprint density at radius 2 is 2.00 bits per heavy atom. The monoisotopic (exact) mass is 367 g/mol. The third-order valence-corrected chi connectivity index (χ3v) is 6.37. The Hall–Kier alpha value is -2.34. The second-order valence-electron chi connectivity index (χ2n) is 7.89. The molecule has 5 rings (SSSR count). The number of anilines is 1. The van der Waals surface area contributed by atoms with E-state index in [4.69, 9.17) is 4.74 Å². The van der Waals surface area contributed by atoms with Gasteiger partial charge in [0, 0.05) is 11.1 Å². The fourth-order valence-electron chi connectivity index (χ4n) is 4.70. The van der Waals surface area contributed by atoms with Gasteiger partial charge in [-0.2, -0.15) is 0 Å². The molecule has 0 amide bonds. The van der Waals surface area contributed by atoms with Gasteiger partial charge in [0.1, 0.15) is 18.1 Å². The summed E-state index contributed by atoms with van der Waals surface area (Å²) in [4.78, 5) is 2.17. The fraction of sp³-hybridized carbons (Fsp3) is 0.524. The number of aliphatic hydroxyl groups excluding tert-OH is 1. The third kappa shape index (κ3) is 2.57. The lowest BCUT2D eigenvalue weighted by Crippen LogP contribution is -2.49. The highest BCUT2D eigenvalue weighted by Crippen LogP contribution is 2.44. The number of aromatic nitrogens is 2. The Morgan fingerprint density at radius 1 is 1.15 bits per heavy atom. The lowest BCUT2D eigenvalue weighted by atomic mass is 9.85. The minimum Gasteiger partial charge on any atom is -0.507 e. The van der Waals surface area contributed by atoms with E-state index in [0.717, 1.165) is 66.8 Å². The molecule has 1 saturated carbocycles. The summed E-state index contributed by atoms with van der Waals surface area (Å²) in [6, 6.07) is 4.08. The predicted octanol–water partition coefficient (Wildman–Crippen LogP) is 2.76. The van der Waals surface area contributed by atoms with Gasteiger partial charge in [-0.3, -0.25) is 0 Å². The first kappa shape index (κ1) is 16.8. The van der Waals surface area contributed by atoms with E-state index in [1.165, 1.54) is 5.56 Å². The molecule has 142 valence electrons. The molecular formula is C21H25N3O3. The number of phenolic OH excluding ortho intramolecular Hbond substituents is 1. The van der Waals surface area contributed by atoms with Gasteiger partial charge in [-0.05, 0) is 49.8 Å². The molecule has 0 saturated heterocycles. The Bertz CT molecular complexity index is 899. The van der Waals surface area contributed by atoms with Crippen LogP contribution in [0.1, 0.15) is 42.4 Å². The van der Waals surface area contributed by atoms with Gasteiger partial charge in [0.2, 0.25) is 0 Å². The van der Waals surface area contributed by atoms with Crippen LogP contribution in [0.4, 0.5) is 5.82 Å². The molecule has 3 aliphatic rings. The van der Waals surface area contributed by atoms with Gasteiger partial charge in [0.25, 0.3) is 0 Å². The smallest absolute Gasteiger partial charge is 0.194 e. The Balaban J connectivity index is 1.56. The molecule has 2 N–H and O–H groups in total. The van der Waals surface area contributed by atoms with E-state index in [9.17, 15) is 10.2 Å². The molecule has 6 heteroatoms. The predicted molar refractivity (Wildman–Crippen MR) is 102 cm³/mol. The molecule has 1 fully saturated rings. The molecule has 1 aromatic heterocycles. The lowest BCUT2D eigenvalue weighted by Gasteiger charge is -2.41. The molecule has 2 aromatic rings. The quantitative estimate of drug-likeness (QED) is 0.850. The molecule has 0 unspecified atom stereocenters. The topological polar surface area (TPSA) is 78.7 Å². The van der Waals surface area contributed by atoms with Gasteiger partial charge in [0.15, 0.2) is 11.6 Å². The van der Waals surface area contributed by atoms with Crippen molar-refractivity contribution in [1.29, 1.82) is 0 Å². The molecule has 1 aliphatic heterocycles. The van der Waals surface area contributed by atoms with Crippen LogP contribution in [0.15, 0.2) is 12.1 Å². The summed E-state index contributed by atoms with van der Waals surface area (Å²) in [6.07, 6.45) is 5.62. The average Bonchev–Trinajstić information content (AvgIpc) is 2.64. The van der Waals surface area contributed by atoms with Crippen LogP contribution >= 0.6 is 0 Å². The molecule has 1 aromatic carbocycles. The van der Waals surface area contributed by atoms with Crippen molar-refractivity contribution in [2.24, 2.45) is 0 Å². The number of aryl methyl sites for hydroxylation is 1. The Labute approximate surface area is 158 Å². The summed E-state index contributed by atoms with van der Waals surface area (Å²) in [5, 5.41) is 30.1. The number of benzene rings is 1. The van der Waals surface area contributed by atoms with Gasteiger partial charge in [-0.25, -0.2) is 0 Å². The average molecular weight is 367 g/mol. The van der Waals surface area contributed by atoms with E-state index in [2.05, 4.69) is 21.2 Å². The van der Waals surface area contributed by atoms with E-state index in [1.54, 1.807) is 0 Å². The van der Waals surface area contributed by atoms with Gasteiger partial charge in [0.05, 0.1) is 18.7 Å². The van der Waals surface area contributed by atoms with Crippen molar-refractivity contribution in [3.63, 3.8) is 0 Å². The van der Waals surface area contributed by atoms with Crippen LogP contribution in [0.5, 0.6) is 11.5 Å². The number of hydrogen-bond acceptors (Lipinski definition) is 6. The zero-order chi connectivity index (χ0) is 18.5. The maximum absolute atomic E-state index is 10.7. The number of phenols is 1. The van der Waals surface area contributed by atoms with Gasteiger partial charge in [-0.1, -0.05) is 18.9 Å². The van der Waals surface area contributed by atoms with Crippen molar-refractivity contribution in [2.75, 3.05) is 18.1 Å². The number of aromatic hydroxyl groups is 1. The van der Waals surface area contributed by atoms with Crippen LogP contribution in [0, 0.1) is 6.92 Å². The van der Waals surface area contributed by atoms with Crippen molar-refractivity contribution < 1.29 is 14.9 Å². The van der Waals surface area contributed by atoms with Crippen molar-refractivity contribution in [1.82, 2.24) is 10.2 Å². The van der Waals surface area contributed by atoms with E-state index in [0.29, 0.717) is 24.6 Å². The molecule has 27 heavy (non-hydrogen) atoms. The summed E-state index contributed by atoms with van der Waals surface area (Å²) in [6.45, 7) is 3.26. The minimum atomic E-state index is -0.330. The standard InChI is InChI=1S/C21H25N3O3/c1-12-18(15-9-7-13-6-8-14(13)19(15)26)22-23-21-20(12)27-11-10-24(21)16-4-2-3-5-17(16)25/h7,9,16-17,25-26H,2-6,8,10-11H2,1H3/t16-,17-/m1/s1. The van der Waals surface area contributed by atoms with Gasteiger partial charge in [-0.15, -0.1) is 10.2 Å². The van der Waals surface area contributed by atoms with Crippen molar-refractivity contribution in [2.45, 2.75) is 57.6 Å². The Kier molecular flexibility index (Phi) is 3.97. The summed E-state index contributed by atoms with van der Waals surface area (Å²) in [5.74, 6) is 1.77. The first-order valence-corrected chi connectivity index (χ1v) is 9.94. The van der Waals surface area contributed by atoms with E-state index < -0.39 is 0 Å². The molecular weight excluding hydrogens is 342 g/mol. The zero-order valence-corrected chi connectivity index (χ0v) is 15.6. The maximum Gasteiger partial charge on any atom is 0.194 e. The number of ether oxygens (including phenoxy) is 1. The largest absolute Gasteiger partial charge is 0.507 e. The van der Waals surface area contributed by atoms with Crippen LogP contribution in [0.2, 0.25) is 0 Å². The van der Waals surface area contributed by atoms with E-state index in [1.807, 2.05) is 13.0 Å². The molecule has 2 heterocycles. The van der Waals surface area contributed by atoms with Crippen LogP contribution in [-0.2, 0) is 12.8 Å². The van der Waals surface area contributed by atoms with Crippen LogP contribution in [0.25, 0.3) is 11.3 Å². The number of aliphatic hydroxyl groups is 1. The normalized spacial score (nSPS) is 23.9. The third-order valence-electron chi connectivity index (χ3n) is 6.37. The van der Waals surface area contributed by atoms with Crippen LogP contribution < -0.4 is 9.64 Å². The molecule has 0 spiro atoms. The van der Waals surface area contributed by atoms with E-state index in [-0.39, 0.29) is 12.1 Å². The molecule has 0 bridgehead atoms. The van der Waals surface area contributed by atoms with Crippen molar-refractivity contribution in [3.8, 4) is 22.8 Å². The number of fused-ring (bicyclic) bond motifs is 2. The SMILES string of the molecule is Cc1c(-c2ccc3c(c2O)CC3)nnc2c1OCCN2[C@@H]1CCCC[C@H]1O. The summed E-state index contributed by atoms with van der Waals surface area (Å²) < 4.78 is 5.97.